The van der Waals surface area contributed by atoms with Crippen molar-refractivity contribution in [2.24, 2.45) is 0 Å². The van der Waals surface area contributed by atoms with Crippen LogP contribution >= 0.6 is 12.4 Å². The van der Waals surface area contributed by atoms with E-state index in [1.165, 1.54) is 56.7 Å². The molecule has 0 atom stereocenters. The summed E-state index contributed by atoms with van der Waals surface area (Å²) in [6.07, 6.45) is 9.04. The van der Waals surface area contributed by atoms with Gasteiger partial charge < -0.3 is 10.6 Å². The van der Waals surface area contributed by atoms with E-state index >= 15 is 0 Å². The van der Waals surface area contributed by atoms with Crippen LogP contribution in [-0.4, -0.2) is 40.0 Å². The molecule has 1 saturated carbocycles. The summed E-state index contributed by atoms with van der Waals surface area (Å²) in [6, 6.07) is 6.58. The van der Waals surface area contributed by atoms with Gasteiger partial charge in [0.1, 0.15) is 0 Å². The van der Waals surface area contributed by atoms with Crippen LogP contribution in [0.2, 0.25) is 0 Å². The summed E-state index contributed by atoms with van der Waals surface area (Å²) in [6.45, 7) is 4.86. The largest absolute Gasteiger partial charge is 0.351 e. The second-order valence-corrected chi connectivity index (χ2v) is 8.33. The zero-order valence-electron chi connectivity index (χ0n) is 15.6. The van der Waals surface area contributed by atoms with Crippen molar-refractivity contribution in [3.05, 3.63) is 42.5 Å². The van der Waals surface area contributed by atoms with Gasteiger partial charge in [-0.1, -0.05) is 37.8 Å². The van der Waals surface area contributed by atoms with Gasteiger partial charge in [-0.3, -0.25) is 4.79 Å². The summed E-state index contributed by atoms with van der Waals surface area (Å²) in [5, 5.41) is 6.34. The molecule has 0 saturated heterocycles. The van der Waals surface area contributed by atoms with Gasteiger partial charge >= 0.3 is 0 Å². The Morgan fingerprint density at radius 1 is 1.15 bits per heavy atom. The summed E-state index contributed by atoms with van der Waals surface area (Å²) in [7, 11) is -3.64. The fraction of sp³-hybridized carbons (Fsp3) is 0.526. The first-order valence-electron chi connectivity index (χ1n) is 9.25. The van der Waals surface area contributed by atoms with Crippen molar-refractivity contribution in [3.63, 3.8) is 0 Å². The Morgan fingerprint density at radius 2 is 1.85 bits per heavy atom. The first-order valence-corrected chi connectivity index (χ1v) is 10.7. The highest BCUT2D eigenvalue weighted by Crippen LogP contribution is 2.16. The lowest BCUT2D eigenvalue weighted by molar-refractivity contribution is 0.0953. The van der Waals surface area contributed by atoms with Crippen molar-refractivity contribution in [1.29, 1.82) is 0 Å². The molecule has 0 spiro atoms. The minimum atomic E-state index is -3.64. The first-order chi connectivity index (χ1) is 12.5. The number of hydrogen-bond donors (Lipinski definition) is 3. The normalized spacial score (nSPS) is 15.4. The van der Waals surface area contributed by atoms with E-state index in [4.69, 9.17) is 0 Å². The topological polar surface area (TPSA) is 87.3 Å². The van der Waals surface area contributed by atoms with E-state index in [1.807, 2.05) is 0 Å². The van der Waals surface area contributed by atoms with Crippen LogP contribution in [-0.2, 0) is 10.0 Å². The number of sulfonamides is 1. The van der Waals surface area contributed by atoms with Crippen molar-refractivity contribution in [1.82, 2.24) is 15.4 Å². The molecule has 1 fully saturated rings. The molecule has 152 valence electrons. The highest BCUT2D eigenvalue weighted by atomic mass is 35.5. The number of nitrogens with one attached hydrogen (secondary N) is 3. The molecule has 1 aromatic rings. The van der Waals surface area contributed by atoms with Gasteiger partial charge in [-0.05, 0) is 31.0 Å². The zero-order valence-corrected chi connectivity index (χ0v) is 17.2. The predicted octanol–water partition coefficient (Wildman–Crippen LogP) is 2.61. The van der Waals surface area contributed by atoms with E-state index < -0.39 is 10.0 Å². The molecule has 0 aromatic heterocycles. The number of carbonyl (C=O) groups excluding carboxylic acids is 1. The Balaban J connectivity index is 0.00000364. The highest BCUT2D eigenvalue weighted by molar-refractivity contribution is 7.89. The predicted molar refractivity (Wildman–Crippen MR) is 111 cm³/mol. The molecular formula is C19H30ClN3O3S. The molecule has 1 aliphatic carbocycles. The van der Waals surface area contributed by atoms with Crippen LogP contribution < -0.4 is 15.4 Å². The second kappa shape index (κ2) is 12.1. The van der Waals surface area contributed by atoms with Crippen molar-refractivity contribution >= 4 is 28.3 Å². The molecule has 1 aromatic carbocycles. The minimum absolute atomic E-state index is 0. The van der Waals surface area contributed by atoms with E-state index in [2.05, 4.69) is 21.9 Å². The van der Waals surface area contributed by atoms with Gasteiger partial charge in [-0.15, -0.1) is 19.0 Å². The lowest BCUT2D eigenvalue weighted by atomic mass is 10.1. The maximum atomic E-state index is 12.3. The van der Waals surface area contributed by atoms with Gasteiger partial charge in [0, 0.05) is 31.2 Å². The van der Waals surface area contributed by atoms with Gasteiger partial charge in [-0.2, -0.15) is 0 Å². The van der Waals surface area contributed by atoms with Crippen LogP contribution in [0, 0.1) is 0 Å². The Labute approximate surface area is 168 Å². The van der Waals surface area contributed by atoms with Crippen LogP contribution in [0.25, 0.3) is 0 Å². The first kappa shape index (κ1) is 23.6. The maximum Gasteiger partial charge on any atom is 0.251 e. The molecule has 0 aliphatic heterocycles. The van der Waals surface area contributed by atoms with Gasteiger partial charge in [0.15, 0.2) is 0 Å². The van der Waals surface area contributed by atoms with Crippen LogP contribution in [0.1, 0.15) is 48.9 Å². The summed E-state index contributed by atoms with van der Waals surface area (Å²) < 4.78 is 26.7. The van der Waals surface area contributed by atoms with Crippen LogP contribution in [0.4, 0.5) is 0 Å². The molecule has 1 amide bonds. The van der Waals surface area contributed by atoms with Crippen LogP contribution in [0.15, 0.2) is 41.8 Å². The lowest BCUT2D eigenvalue weighted by Gasteiger charge is -2.16. The average molecular weight is 416 g/mol. The smallest absolute Gasteiger partial charge is 0.251 e. The Kier molecular flexibility index (Phi) is 10.6. The molecule has 0 bridgehead atoms. The standard InChI is InChI=1S/C19H29N3O3S.ClH/c1-2-12-22-26(24,25)18-11-7-8-16(15-18)19(23)21-14-13-20-17-9-5-3-4-6-10-17;/h2,7-8,11,15,17,20,22H,1,3-6,9-10,12-14H2,(H,21,23);1H. The molecule has 1 aliphatic rings. The number of benzene rings is 1. The Morgan fingerprint density at radius 3 is 2.52 bits per heavy atom. The van der Waals surface area contributed by atoms with E-state index in [9.17, 15) is 13.2 Å². The van der Waals surface area contributed by atoms with Gasteiger partial charge in [0.2, 0.25) is 10.0 Å². The fourth-order valence-corrected chi connectivity index (χ4v) is 4.14. The molecule has 27 heavy (non-hydrogen) atoms. The SMILES string of the molecule is C=CCNS(=O)(=O)c1cccc(C(=O)NCCNC2CCCCCC2)c1.Cl. The summed E-state index contributed by atoms with van der Waals surface area (Å²) in [4.78, 5) is 12.3. The van der Waals surface area contributed by atoms with Gasteiger partial charge in [0.25, 0.3) is 5.91 Å². The second-order valence-electron chi connectivity index (χ2n) is 6.57. The molecule has 0 radical (unpaired) electrons. The molecule has 0 heterocycles. The third-order valence-electron chi connectivity index (χ3n) is 4.52. The summed E-state index contributed by atoms with van der Waals surface area (Å²) in [5.74, 6) is -0.270. The molecule has 3 N–H and O–H groups in total. The van der Waals surface area contributed by atoms with Crippen LogP contribution in [0.5, 0.6) is 0 Å². The monoisotopic (exact) mass is 415 g/mol. The number of halogens is 1. The summed E-state index contributed by atoms with van der Waals surface area (Å²) >= 11 is 0. The number of carbonyl (C=O) groups is 1. The number of amides is 1. The van der Waals surface area contributed by atoms with E-state index in [1.54, 1.807) is 12.1 Å². The molecule has 8 heteroatoms. The Bertz CT molecular complexity index is 702. The van der Waals surface area contributed by atoms with E-state index in [0.717, 1.165) is 6.54 Å². The van der Waals surface area contributed by atoms with E-state index in [-0.39, 0.29) is 29.8 Å². The Hall–Kier alpha value is -1.41. The molecule has 6 nitrogen and oxygen atoms in total. The quantitative estimate of drug-likeness (QED) is 0.328. The molecule has 0 unspecified atom stereocenters. The minimum Gasteiger partial charge on any atom is -0.351 e. The third-order valence-corrected chi connectivity index (χ3v) is 5.94. The maximum absolute atomic E-state index is 12.3. The fourth-order valence-electron chi connectivity index (χ4n) is 3.09. The lowest BCUT2D eigenvalue weighted by Crippen LogP contribution is -2.37. The van der Waals surface area contributed by atoms with Crippen molar-refractivity contribution < 1.29 is 13.2 Å². The molecular weight excluding hydrogens is 386 g/mol. The average Bonchev–Trinajstić information content (AvgIpc) is 2.92. The zero-order chi connectivity index (χ0) is 18.8. The number of rotatable bonds is 9. The van der Waals surface area contributed by atoms with Gasteiger partial charge in [-0.25, -0.2) is 13.1 Å². The van der Waals surface area contributed by atoms with E-state index in [0.29, 0.717) is 18.2 Å². The summed E-state index contributed by atoms with van der Waals surface area (Å²) in [5.41, 5.74) is 0.334. The van der Waals surface area contributed by atoms with Gasteiger partial charge in [0.05, 0.1) is 4.90 Å². The van der Waals surface area contributed by atoms with Crippen molar-refractivity contribution in [3.8, 4) is 0 Å². The third kappa shape index (κ3) is 8.01. The van der Waals surface area contributed by atoms with Crippen LogP contribution in [0.3, 0.4) is 0 Å². The van der Waals surface area contributed by atoms with Crippen molar-refractivity contribution in [2.75, 3.05) is 19.6 Å². The highest BCUT2D eigenvalue weighted by Gasteiger charge is 2.15. The van der Waals surface area contributed by atoms with Crippen molar-refractivity contribution in [2.45, 2.75) is 49.5 Å². The molecule has 2 rings (SSSR count). The number of hydrogen-bond acceptors (Lipinski definition) is 4.